The van der Waals surface area contributed by atoms with Gasteiger partial charge in [-0.15, -0.1) is 0 Å². The number of benzene rings is 1. The third-order valence-corrected chi connectivity index (χ3v) is 4.18. The van der Waals surface area contributed by atoms with E-state index >= 15 is 0 Å². The summed E-state index contributed by atoms with van der Waals surface area (Å²) in [6, 6.07) is 6.35. The Morgan fingerprint density at radius 2 is 1.95 bits per heavy atom. The van der Waals surface area contributed by atoms with Crippen LogP contribution in [0, 0.1) is 0 Å². The Morgan fingerprint density at radius 1 is 1.32 bits per heavy atom. The molecule has 0 bridgehead atoms. The van der Waals surface area contributed by atoms with Crippen molar-refractivity contribution in [3.8, 4) is 0 Å². The number of carbonyl (C=O) groups is 1. The highest BCUT2D eigenvalue weighted by molar-refractivity contribution is 5.74. The van der Waals surface area contributed by atoms with Crippen molar-refractivity contribution >= 4 is 6.03 Å². The van der Waals surface area contributed by atoms with Gasteiger partial charge < -0.3 is 15.3 Å². The first kappa shape index (κ1) is 16.8. The quantitative estimate of drug-likeness (QED) is 0.898. The molecule has 4 heteroatoms. The van der Waals surface area contributed by atoms with Gasteiger partial charge >= 0.3 is 6.03 Å². The van der Waals surface area contributed by atoms with Crippen molar-refractivity contribution in [1.29, 1.82) is 0 Å². The van der Waals surface area contributed by atoms with Gasteiger partial charge in [-0.05, 0) is 63.1 Å². The summed E-state index contributed by atoms with van der Waals surface area (Å²) in [5.74, 6) is 0. The van der Waals surface area contributed by atoms with E-state index in [2.05, 4.69) is 23.5 Å². The van der Waals surface area contributed by atoms with Crippen LogP contribution in [0.5, 0.6) is 0 Å². The summed E-state index contributed by atoms with van der Waals surface area (Å²) >= 11 is 0. The van der Waals surface area contributed by atoms with Crippen molar-refractivity contribution < 1.29 is 9.90 Å². The van der Waals surface area contributed by atoms with Crippen molar-refractivity contribution in [3.05, 3.63) is 34.9 Å². The van der Waals surface area contributed by atoms with Crippen molar-refractivity contribution in [3.63, 3.8) is 0 Å². The third-order valence-electron chi connectivity index (χ3n) is 4.18. The number of hydrogen-bond donors (Lipinski definition) is 2. The van der Waals surface area contributed by atoms with Crippen LogP contribution in [0.4, 0.5) is 4.79 Å². The fraction of sp³-hybridized carbons (Fsp3) is 0.611. The Balaban J connectivity index is 1.99. The van der Waals surface area contributed by atoms with Crippen LogP contribution in [-0.2, 0) is 12.8 Å². The minimum absolute atomic E-state index is 0.0380. The summed E-state index contributed by atoms with van der Waals surface area (Å²) < 4.78 is 0. The number of aliphatic hydroxyl groups is 1. The maximum Gasteiger partial charge on any atom is 0.317 e. The molecule has 4 nitrogen and oxygen atoms in total. The number of aryl methyl sites for hydroxylation is 2. The van der Waals surface area contributed by atoms with Crippen molar-refractivity contribution in [1.82, 2.24) is 10.2 Å². The Morgan fingerprint density at radius 3 is 2.59 bits per heavy atom. The predicted molar refractivity (Wildman–Crippen MR) is 89.0 cm³/mol. The lowest BCUT2D eigenvalue weighted by Gasteiger charge is -2.27. The van der Waals surface area contributed by atoms with Crippen LogP contribution in [0.3, 0.4) is 0 Å². The molecule has 1 aliphatic carbocycles. The van der Waals surface area contributed by atoms with E-state index in [0.717, 1.165) is 12.0 Å². The highest BCUT2D eigenvalue weighted by atomic mass is 16.3. The largest absolute Gasteiger partial charge is 0.389 e. The molecule has 1 aromatic rings. The molecular weight excluding hydrogens is 276 g/mol. The van der Waals surface area contributed by atoms with Gasteiger partial charge in [0, 0.05) is 7.05 Å². The van der Waals surface area contributed by atoms with E-state index in [9.17, 15) is 9.90 Å². The highest BCUT2D eigenvalue weighted by Gasteiger charge is 2.21. The van der Waals surface area contributed by atoms with Gasteiger partial charge in [0.2, 0.25) is 0 Å². The first-order valence-corrected chi connectivity index (χ1v) is 8.12. The zero-order valence-corrected chi connectivity index (χ0v) is 14.1. The van der Waals surface area contributed by atoms with Gasteiger partial charge in [0.1, 0.15) is 0 Å². The Hall–Kier alpha value is -1.55. The van der Waals surface area contributed by atoms with Gasteiger partial charge in [0.15, 0.2) is 0 Å². The van der Waals surface area contributed by atoms with Crippen LogP contribution in [-0.4, -0.2) is 35.2 Å². The van der Waals surface area contributed by atoms with Crippen LogP contribution >= 0.6 is 0 Å². The maximum absolute atomic E-state index is 12.2. The molecule has 0 aliphatic heterocycles. The summed E-state index contributed by atoms with van der Waals surface area (Å²) in [6.07, 6.45) is 4.85. The minimum atomic E-state index is -0.888. The summed E-state index contributed by atoms with van der Waals surface area (Å²) in [5, 5.41) is 12.8. The van der Waals surface area contributed by atoms with Crippen molar-refractivity contribution in [2.75, 3.05) is 13.6 Å². The molecule has 0 saturated heterocycles. The molecule has 0 heterocycles. The van der Waals surface area contributed by atoms with Crippen LogP contribution in [0.1, 0.15) is 56.3 Å². The number of nitrogens with zero attached hydrogens (tertiary/aromatic N) is 1. The smallest absolute Gasteiger partial charge is 0.317 e. The molecule has 2 amide bonds. The molecule has 0 fully saturated rings. The summed E-state index contributed by atoms with van der Waals surface area (Å²) in [4.78, 5) is 13.7. The second kappa shape index (κ2) is 6.69. The fourth-order valence-corrected chi connectivity index (χ4v) is 3.05. The number of urea groups is 1. The van der Waals surface area contributed by atoms with Crippen LogP contribution in [0.2, 0.25) is 0 Å². The van der Waals surface area contributed by atoms with E-state index in [4.69, 9.17) is 0 Å². The van der Waals surface area contributed by atoms with Gasteiger partial charge in [-0.2, -0.15) is 0 Å². The van der Waals surface area contributed by atoms with E-state index in [0.29, 0.717) is 6.54 Å². The van der Waals surface area contributed by atoms with Crippen LogP contribution in [0.25, 0.3) is 0 Å². The van der Waals surface area contributed by atoms with Crippen molar-refractivity contribution in [2.45, 2.75) is 58.1 Å². The second-order valence-electron chi connectivity index (χ2n) is 7.07. The Bertz CT molecular complexity index is 534. The lowest BCUT2D eigenvalue weighted by Crippen LogP contribution is -2.45. The van der Waals surface area contributed by atoms with E-state index in [1.165, 1.54) is 35.3 Å². The van der Waals surface area contributed by atoms with E-state index in [1.807, 2.05) is 6.92 Å². The number of fused-ring (bicyclic) bond motifs is 1. The molecule has 0 aromatic heterocycles. The number of likely N-dealkylation sites (N-methyl/N-ethyl adjacent to an activating group) is 1. The molecule has 22 heavy (non-hydrogen) atoms. The topological polar surface area (TPSA) is 52.6 Å². The zero-order chi connectivity index (χ0) is 16.3. The molecule has 2 rings (SSSR count). The normalized spacial score (nSPS) is 15.9. The maximum atomic E-state index is 12.2. The highest BCUT2D eigenvalue weighted by Crippen LogP contribution is 2.24. The molecule has 1 aliphatic rings. The fourth-order valence-electron chi connectivity index (χ4n) is 3.05. The van der Waals surface area contributed by atoms with Gasteiger partial charge in [-0.3, -0.25) is 0 Å². The van der Waals surface area contributed by atoms with Crippen molar-refractivity contribution in [2.24, 2.45) is 0 Å². The number of hydrogen-bond acceptors (Lipinski definition) is 2. The first-order chi connectivity index (χ1) is 10.3. The number of carbonyl (C=O) groups excluding carboxylic acids is 1. The first-order valence-electron chi connectivity index (χ1n) is 8.12. The molecule has 0 spiro atoms. The van der Waals surface area contributed by atoms with E-state index < -0.39 is 5.60 Å². The molecule has 1 unspecified atom stereocenters. The molecular formula is C18H28N2O2. The summed E-state index contributed by atoms with van der Waals surface area (Å²) in [5.41, 5.74) is 3.13. The molecule has 122 valence electrons. The van der Waals surface area contributed by atoms with Crippen LogP contribution < -0.4 is 5.32 Å². The number of rotatable bonds is 4. The van der Waals surface area contributed by atoms with Gasteiger partial charge in [-0.25, -0.2) is 4.79 Å². The van der Waals surface area contributed by atoms with Crippen LogP contribution in [0.15, 0.2) is 18.2 Å². The summed E-state index contributed by atoms with van der Waals surface area (Å²) in [6.45, 7) is 5.70. The Labute approximate surface area is 133 Å². The SMILES string of the molecule is CC(NC(=O)N(C)CC(C)(C)O)c1ccc2c(c1)CCCC2. The molecule has 1 atom stereocenters. The monoisotopic (exact) mass is 304 g/mol. The zero-order valence-electron chi connectivity index (χ0n) is 14.1. The van der Waals surface area contributed by atoms with Gasteiger partial charge in [0.05, 0.1) is 18.2 Å². The van der Waals surface area contributed by atoms with E-state index in [-0.39, 0.29) is 12.1 Å². The lowest BCUT2D eigenvalue weighted by molar-refractivity contribution is 0.0528. The van der Waals surface area contributed by atoms with Gasteiger partial charge in [0.25, 0.3) is 0 Å². The molecule has 1 aromatic carbocycles. The van der Waals surface area contributed by atoms with Gasteiger partial charge in [-0.1, -0.05) is 18.2 Å². The number of nitrogens with one attached hydrogen (secondary N) is 1. The molecule has 2 N–H and O–H groups in total. The lowest BCUT2D eigenvalue weighted by atomic mass is 9.89. The second-order valence-corrected chi connectivity index (χ2v) is 7.07. The Kier molecular flexibility index (Phi) is 5.12. The van der Waals surface area contributed by atoms with E-state index in [1.54, 1.807) is 20.9 Å². The predicted octanol–water partition coefficient (Wildman–Crippen LogP) is 3.04. The third kappa shape index (κ3) is 4.47. The standard InChI is InChI=1S/C18H28N2O2/c1-13(19-17(21)20(4)12-18(2,3)22)15-10-9-14-7-5-6-8-16(14)11-15/h9-11,13,22H,5-8,12H2,1-4H3,(H,19,21). The summed E-state index contributed by atoms with van der Waals surface area (Å²) in [7, 11) is 1.70. The average molecular weight is 304 g/mol. The molecule has 0 saturated carbocycles. The molecule has 0 radical (unpaired) electrons. The average Bonchev–Trinajstić information content (AvgIpc) is 2.44. The minimum Gasteiger partial charge on any atom is -0.389 e. The number of amides is 2.